The first-order chi connectivity index (χ1) is 14.0. The number of methoxy groups -OCH3 is 1. The third-order valence-electron chi connectivity index (χ3n) is 5.25. The lowest BCUT2D eigenvalue weighted by Gasteiger charge is -2.43. The number of aliphatic imine (C=N–C) groups is 1. The summed E-state index contributed by atoms with van der Waals surface area (Å²) in [5, 5.41) is 3.19. The van der Waals surface area contributed by atoms with Crippen LogP contribution in [0.2, 0.25) is 0 Å². The van der Waals surface area contributed by atoms with E-state index in [1.807, 2.05) is 0 Å². The second kappa shape index (κ2) is 8.00. The topological polar surface area (TPSA) is 98.8 Å². The molecule has 0 aliphatic carbocycles. The highest BCUT2D eigenvalue weighted by molar-refractivity contribution is 8.13. The molecule has 0 spiro atoms. The van der Waals surface area contributed by atoms with Gasteiger partial charge in [-0.25, -0.2) is 14.4 Å². The van der Waals surface area contributed by atoms with Crippen LogP contribution < -0.4 is 15.8 Å². The van der Waals surface area contributed by atoms with E-state index < -0.39 is 17.3 Å². The number of fused-ring (bicyclic) bond motifs is 1. The third kappa shape index (κ3) is 3.79. The maximum absolute atomic E-state index is 14.9. The molecule has 29 heavy (non-hydrogen) atoms. The Morgan fingerprint density at radius 1 is 1.41 bits per heavy atom. The third-order valence-corrected chi connectivity index (χ3v) is 6.20. The average molecular weight is 416 g/mol. The van der Waals surface area contributed by atoms with Crippen molar-refractivity contribution in [1.82, 2.24) is 4.98 Å². The van der Waals surface area contributed by atoms with Crippen LogP contribution in [-0.2, 0) is 10.3 Å². The number of nitrogens with two attached hydrogens (primary N) is 1. The van der Waals surface area contributed by atoms with Gasteiger partial charge in [0.15, 0.2) is 5.17 Å². The van der Waals surface area contributed by atoms with Gasteiger partial charge < -0.3 is 20.5 Å². The van der Waals surface area contributed by atoms with Gasteiger partial charge >= 0.3 is 0 Å². The summed E-state index contributed by atoms with van der Waals surface area (Å²) in [6.07, 6.45) is 2.24. The summed E-state index contributed by atoms with van der Waals surface area (Å²) < 4.78 is 25.6. The summed E-state index contributed by atoms with van der Waals surface area (Å²) in [7, 11) is 1.53. The van der Waals surface area contributed by atoms with E-state index in [2.05, 4.69) is 15.3 Å². The number of pyridine rings is 1. The van der Waals surface area contributed by atoms with Gasteiger partial charge in [0.05, 0.1) is 19.9 Å². The summed E-state index contributed by atoms with van der Waals surface area (Å²) in [5.74, 6) is 0.617. The lowest BCUT2D eigenvalue weighted by molar-refractivity contribution is 0.00304. The van der Waals surface area contributed by atoms with Gasteiger partial charge in [0.1, 0.15) is 22.8 Å². The number of nitrogens with zero attached hydrogens (tertiary/aromatic N) is 2. The largest absolute Gasteiger partial charge is 0.495 e. The van der Waals surface area contributed by atoms with Gasteiger partial charge in [0.25, 0.3) is 5.91 Å². The van der Waals surface area contributed by atoms with Gasteiger partial charge in [-0.2, -0.15) is 0 Å². The van der Waals surface area contributed by atoms with Gasteiger partial charge in [0.2, 0.25) is 0 Å². The molecule has 3 heterocycles. The molecule has 0 bridgehead atoms. The first-order valence-electron chi connectivity index (χ1n) is 9.19. The smallest absolute Gasteiger partial charge is 0.274 e. The Kier molecular flexibility index (Phi) is 5.42. The van der Waals surface area contributed by atoms with E-state index in [4.69, 9.17) is 15.2 Å². The lowest BCUT2D eigenvalue weighted by atomic mass is 9.76. The van der Waals surface area contributed by atoms with E-state index in [1.165, 1.54) is 37.2 Å². The second-order valence-electron chi connectivity index (χ2n) is 6.96. The molecular weight excluding hydrogens is 395 g/mol. The van der Waals surface area contributed by atoms with Crippen LogP contribution in [0.1, 0.15) is 22.5 Å². The Labute approximate surface area is 171 Å². The molecule has 1 saturated heterocycles. The molecule has 1 aromatic heterocycles. The number of carbonyl (C=O) groups is 1. The molecule has 0 radical (unpaired) electrons. The zero-order valence-corrected chi connectivity index (χ0v) is 16.7. The van der Waals surface area contributed by atoms with Crippen molar-refractivity contribution in [1.29, 1.82) is 0 Å². The number of aromatic nitrogens is 1. The molecule has 1 aromatic carbocycles. The predicted octanol–water partition coefficient (Wildman–Crippen LogP) is 2.77. The minimum atomic E-state index is -0.878. The molecule has 0 unspecified atom stereocenters. The highest BCUT2D eigenvalue weighted by atomic mass is 32.2. The van der Waals surface area contributed by atoms with Crippen molar-refractivity contribution >= 4 is 28.5 Å². The Balaban J connectivity index is 1.65. The molecule has 1 amide bonds. The summed E-state index contributed by atoms with van der Waals surface area (Å²) in [4.78, 5) is 21.2. The number of hydrogen-bond acceptors (Lipinski definition) is 7. The van der Waals surface area contributed by atoms with E-state index in [0.717, 1.165) is 12.2 Å². The Hall–Kier alpha value is -2.65. The molecule has 2 aliphatic heterocycles. The second-order valence-corrected chi connectivity index (χ2v) is 8.00. The van der Waals surface area contributed by atoms with Crippen molar-refractivity contribution in [3.05, 3.63) is 53.6 Å². The van der Waals surface area contributed by atoms with Crippen LogP contribution in [0.25, 0.3) is 0 Å². The van der Waals surface area contributed by atoms with E-state index in [9.17, 15) is 9.18 Å². The Morgan fingerprint density at radius 3 is 3.03 bits per heavy atom. The number of ether oxygens (including phenoxy) is 2. The van der Waals surface area contributed by atoms with Crippen molar-refractivity contribution in [2.75, 3.05) is 31.4 Å². The summed E-state index contributed by atoms with van der Waals surface area (Å²) >= 11 is 1.48. The van der Waals surface area contributed by atoms with E-state index in [-0.39, 0.29) is 18.2 Å². The SMILES string of the molecule is COc1ccc(C(=O)Nc2ccc(F)c([C@]34COCC[C@H]3CSC(N)=N4)c2)nc1. The van der Waals surface area contributed by atoms with Gasteiger partial charge in [-0.3, -0.25) is 4.79 Å². The van der Waals surface area contributed by atoms with Crippen molar-refractivity contribution in [3.8, 4) is 5.75 Å². The zero-order chi connectivity index (χ0) is 20.4. The standard InChI is InChI=1S/C20H21FN4O3S/c1-27-14-3-5-17(23-9-14)18(26)24-13-2-4-16(21)15(8-13)20-11-28-7-6-12(20)10-29-19(22)25-20/h2-5,8-9,12H,6-7,10-11H2,1H3,(H2,22,25)(H,24,26)/t12-,20-/m0/s1. The fourth-order valence-corrected chi connectivity index (χ4v) is 4.73. The quantitative estimate of drug-likeness (QED) is 0.795. The van der Waals surface area contributed by atoms with Gasteiger partial charge in [0, 0.05) is 29.5 Å². The molecule has 2 atom stereocenters. The molecule has 0 saturated carbocycles. The fraction of sp³-hybridized carbons (Fsp3) is 0.350. The monoisotopic (exact) mass is 416 g/mol. The highest BCUT2D eigenvalue weighted by Crippen LogP contribution is 2.45. The van der Waals surface area contributed by atoms with Crippen LogP contribution in [0.15, 0.2) is 41.5 Å². The van der Waals surface area contributed by atoms with Crippen LogP contribution in [0.3, 0.4) is 0 Å². The first kappa shape index (κ1) is 19.7. The van der Waals surface area contributed by atoms with Gasteiger partial charge in [-0.05, 0) is 36.8 Å². The number of halogens is 1. The van der Waals surface area contributed by atoms with Crippen LogP contribution in [-0.4, -0.2) is 42.1 Å². The van der Waals surface area contributed by atoms with E-state index >= 15 is 0 Å². The van der Waals surface area contributed by atoms with Crippen molar-refractivity contribution < 1.29 is 18.7 Å². The van der Waals surface area contributed by atoms with Crippen molar-refractivity contribution in [2.45, 2.75) is 12.0 Å². The van der Waals surface area contributed by atoms with Crippen LogP contribution in [0.4, 0.5) is 10.1 Å². The van der Waals surface area contributed by atoms with Crippen molar-refractivity contribution in [2.24, 2.45) is 16.6 Å². The van der Waals surface area contributed by atoms with Gasteiger partial charge in [-0.1, -0.05) is 11.8 Å². The minimum absolute atomic E-state index is 0.109. The highest BCUT2D eigenvalue weighted by Gasteiger charge is 2.47. The van der Waals surface area contributed by atoms with Gasteiger partial charge in [-0.15, -0.1) is 0 Å². The van der Waals surface area contributed by atoms with E-state index in [1.54, 1.807) is 18.2 Å². The van der Waals surface area contributed by atoms with Crippen LogP contribution in [0.5, 0.6) is 5.75 Å². The summed E-state index contributed by atoms with van der Waals surface area (Å²) in [5.41, 5.74) is 6.16. The normalized spacial score (nSPS) is 23.7. The Bertz CT molecular complexity index is 953. The predicted molar refractivity (Wildman–Crippen MR) is 110 cm³/mol. The number of carbonyl (C=O) groups excluding carboxylic acids is 1. The lowest BCUT2D eigenvalue weighted by Crippen LogP contribution is -2.48. The molecule has 7 nitrogen and oxygen atoms in total. The number of amides is 1. The van der Waals surface area contributed by atoms with Crippen LogP contribution >= 0.6 is 11.8 Å². The molecular formula is C20H21FN4O3S. The Morgan fingerprint density at radius 2 is 2.28 bits per heavy atom. The molecule has 2 aromatic rings. The van der Waals surface area contributed by atoms with E-state index in [0.29, 0.717) is 28.8 Å². The van der Waals surface area contributed by atoms with Crippen molar-refractivity contribution in [3.63, 3.8) is 0 Å². The number of hydrogen-bond donors (Lipinski definition) is 2. The fourth-order valence-electron chi connectivity index (χ4n) is 3.69. The number of benzene rings is 1. The number of amidine groups is 1. The van der Waals surface area contributed by atoms with Crippen LogP contribution in [0, 0.1) is 11.7 Å². The molecule has 4 rings (SSSR count). The maximum atomic E-state index is 14.9. The summed E-state index contributed by atoms with van der Waals surface area (Å²) in [6.45, 7) is 0.872. The molecule has 152 valence electrons. The number of nitrogens with one attached hydrogen (secondary N) is 1. The molecule has 2 aliphatic rings. The average Bonchev–Trinajstić information content (AvgIpc) is 2.74. The first-order valence-corrected chi connectivity index (χ1v) is 10.2. The number of anilines is 1. The molecule has 9 heteroatoms. The minimum Gasteiger partial charge on any atom is -0.495 e. The number of rotatable bonds is 4. The zero-order valence-electron chi connectivity index (χ0n) is 15.9. The maximum Gasteiger partial charge on any atom is 0.274 e. The molecule has 1 fully saturated rings. The number of thioether (sulfide) groups is 1. The molecule has 3 N–H and O–H groups in total. The summed E-state index contributed by atoms with van der Waals surface area (Å²) in [6, 6.07) is 7.68.